The zero-order valence-electron chi connectivity index (χ0n) is 27.1. The van der Waals surface area contributed by atoms with Crippen LogP contribution in [0.4, 0.5) is 17.1 Å². The van der Waals surface area contributed by atoms with Crippen LogP contribution in [-0.2, 0) is 24.6 Å². The lowest BCUT2D eigenvalue weighted by atomic mass is 9.49. The van der Waals surface area contributed by atoms with Crippen LogP contribution in [0.3, 0.4) is 0 Å². The van der Waals surface area contributed by atoms with Crippen molar-refractivity contribution in [3.8, 4) is 11.5 Å². The third-order valence-electron chi connectivity index (χ3n) is 11.0. The van der Waals surface area contributed by atoms with Crippen LogP contribution in [0.15, 0.2) is 109 Å². The first-order chi connectivity index (χ1) is 24.6. The smallest absolute Gasteiger partial charge is 0.271 e. The Morgan fingerprint density at radius 1 is 0.843 bits per heavy atom. The summed E-state index contributed by atoms with van der Waals surface area (Å²) in [5.74, 6) is -6.17. The first kappa shape index (κ1) is 32.4. The van der Waals surface area contributed by atoms with E-state index in [9.17, 15) is 29.6 Å². The number of aromatic hydroxyl groups is 1. The number of phenolic OH excluding ortho intramolecular Hbond substituents is 1. The van der Waals surface area contributed by atoms with Gasteiger partial charge >= 0.3 is 0 Å². The number of nitrogens with zero attached hydrogens (tertiary/aromatic N) is 3. The zero-order valence-corrected chi connectivity index (χ0v) is 27.9. The number of rotatable bonds is 6. The molecule has 0 aromatic heterocycles. The SMILES string of the molecule is COc1ccc(O)c(C2C3=CCC4C(=O)N(c5cccc([N+](=O)[O-])c5)C(=O)C4C3CC3C(=O)N(c4cccc(Cl)c4)C(=O)C32c2ccccc2)c1. The Hall–Kier alpha value is -5.81. The molecule has 2 heterocycles. The maximum absolute atomic E-state index is 15.3. The Kier molecular flexibility index (Phi) is 7.57. The van der Waals surface area contributed by atoms with Gasteiger partial charge in [-0.05, 0) is 66.8 Å². The molecular formula is C39H30ClN3O8. The van der Waals surface area contributed by atoms with E-state index in [4.69, 9.17) is 16.3 Å². The van der Waals surface area contributed by atoms with Crippen LogP contribution < -0.4 is 14.5 Å². The number of halogens is 1. The number of non-ortho nitro benzene ring substituents is 1. The number of hydrogen-bond donors (Lipinski definition) is 1. The predicted octanol–water partition coefficient (Wildman–Crippen LogP) is 6.33. The Bertz CT molecular complexity index is 2210. The van der Waals surface area contributed by atoms with Gasteiger partial charge in [0.15, 0.2) is 0 Å². The van der Waals surface area contributed by atoms with Gasteiger partial charge in [-0.3, -0.25) is 29.3 Å². The van der Waals surface area contributed by atoms with Crippen LogP contribution in [0, 0.1) is 33.8 Å². The minimum atomic E-state index is -1.58. The van der Waals surface area contributed by atoms with Gasteiger partial charge in [0.05, 0.1) is 46.6 Å². The molecule has 6 unspecified atom stereocenters. The number of carbonyl (C=O) groups is 4. The van der Waals surface area contributed by atoms with Gasteiger partial charge in [0.1, 0.15) is 11.5 Å². The summed E-state index contributed by atoms with van der Waals surface area (Å²) in [4.78, 5) is 71.8. The third-order valence-corrected chi connectivity index (χ3v) is 11.2. The molecule has 12 heteroatoms. The van der Waals surface area contributed by atoms with Gasteiger partial charge in [-0.15, -0.1) is 0 Å². The molecule has 1 saturated carbocycles. The van der Waals surface area contributed by atoms with Gasteiger partial charge in [-0.1, -0.05) is 65.7 Å². The molecule has 51 heavy (non-hydrogen) atoms. The molecule has 2 aliphatic heterocycles. The van der Waals surface area contributed by atoms with Crippen LogP contribution in [0.5, 0.6) is 11.5 Å². The van der Waals surface area contributed by atoms with Crippen molar-refractivity contribution in [1.29, 1.82) is 0 Å². The predicted molar refractivity (Wildman–Crippen MR) is 186 cm³/mol. The van der Waals surface area contributed by atoms with Gasteiger partial charge < -0.3 is 9.84 Å². The fourth-order valence-electron chi connectivity index (χ4n) is 8.98. The van der Waals surface area contributed by atoms with Crippen molar-refractivity contribution < 1.29 is 33.9 Å². The van der Waals surface area contributed by atoms with Crippen molar-refractivity contribution in [2.24, 2.45) is 23.7 Å². The number of imide groups is 2. The van der Waals surface area contributed by atoms with Gasteiger partial charge in [0.2, 0.25) is 23.6 Å². The van der Waals surface area contributed by atoms with Crippen molar-refractivity contribution >= 4 is 52.3 Å². The second kappa shape index (κ2) is 11.9. The first-order valence-electron chi connectivity index (χ1n) is 16.5. The normalized spacial score (nSPS) is 26.8. The molecular weight excluding hydrogens is 674 g/mol. The molecule has 11 nitrogen and oxygen atoms in total. The number of carbonyl (C=O) groups excluding carboxylic acids is 4. The minimum Gasteiger partial charge on any atom is -0.508 e. The molecule has 4 aromatic carbocycles. The van der Waals surface area contributed by atoms with E-state index < -0.39 is 63.6 Å². The Morgan fingerprint density at radius 2 is 1.57 bits per heavy atom. The lowest BCUT2D eigenvalue weighted by Gasteiger charge is -2.50. The Labute approximate surface area is 296 Å². The van der Waals surface area contributed by atoms with E-state index in [2.05, 4.69) is 0 Å². The van der Waals surface area contributed by atoms with Gasteiger partial charge in [-0.2, -0.15) is 0 Å². The lowest BCUT2D eigenvalue weighted by molar-refractivity contribution is -0.384. The van der Waals surface area contributed by atoms with E-state index in [1.165, 1.54) is 37.4 Å². The van der Waals surface area contributed by atoms with Crippen molar-refractivity contribution in [3.05, 3.63) is 135 Å². The van der Waals surface area contributed by atoms with Crippen LogP contribution in [0.1, 0.15) is 29.9 Å². The molecule has 3 fully saturated rings. The molecule has 2 saturated heterocycles. The standard InChI is InChI=1S/C39H30ClN3O8/c1-51-26-13-16-32(44)30(19-26)34-27-14-15-28-33(37(47)41(35(28)45)24-11-6-12-25(18-24)43(49)50)29(27)20-31-36(46)42(23-10-5-9-22(40)17-23)38(48)39(31,34)21-7-3-2-4-8-21/h2-14,16-19,28-29,31,33-34,44H,15,20H2,1H3. The lowest BCUT2D eigenvalue weighted by Crippen LogP contribution is -2.53. The molecule has 4 amide bonds. The summed E-state index contributed by atoms with van der Waals surface area (Å²) in [6.45, 7) is 0. The van der Waals surface area contributed by atoms with Crippen molar-refractivity contribution in [2.45, 2.75) is 24.2 Å². The summed E-state index contributed by atoms with van der Waals surface area (Å²) in [5.41, 5.74) is 0.0661. The number of nitro benzene ring substituents is 1. The van der Waals surface area contributed by atoms with Crippen molar-refractivity contribution in [1.82, 2.24) is 0 Å². The highest BCUT2D eigenvalue weighted by molar-refractivity contribution is 6.32. The molecule has 4 aliphatic rings. The van der Waals surface area contributed by atoms with E-state index in [1.807, 2.05) is 12.1 Å². The second-order valence-electron chi connectivity index (χ2n) is 13.3. The Morgan fingerprint density at radius 3 is 2.27 bits per heavy atom. The minimum absolute atomic E-state index is 0.0482. The number of hydrogen-bond acceptors (Lipinski definition) is 8. The van der Waals surface area contributed by atoms with E-state index in [0.29, 0.717) is 27.5 Å². The molecule has 0 radical (unpaired) electrons. The second-order valence-corrected chi connectivity index (χ2v) is 13.7. The third kappa shape index (κ3) is 4.64. The van der Waals surface area contributed by atoms with Crippen LogP contribution in [0.25, 0.3) is 0 Å². The van der Waals surface area contributed by atoms with Crippen molar-refractivity contribution in [2.75, 3.05) is 16.9 Å². The quantitative estimate of drug-likeness (QED) is 0.106. The number of ether oxygens (including phenoxy) is 1. The average molecular weight is 704 g/mol. The fourth-order valence-corrected chi connectivity index (χ4v) is 9.16. The van der Waals surface area contributed by atoms with Crippen molar-refractivity contribution in [3.63, 3.8) is 0 Å². The number of nitro groups is 1. The number of benzene rings is 4. The summed E-state index contributed by atoms with van der Waals surface area (Å²) in [6, 6.07) is 25.5. The molecule has 6 atom stereocenters. The summed E-state index contributed by atoms with van der Waals surface area (Å²) >= 11 is 6.37. The summed E-state index contributed by atoms with van der Waals surface area (Å²) in [6.07, 6.45) is 2.06. The fraction of sp³-hybridized carbons (Fsp3) is 0.231. The molecule has 2 aliphatic carbocycles. The number of amides is 4. The molecule has 4 aromatic rings. The highest BCUT2D eigenvalue weighted by Gasteiger charge is 2.70. The largest absolute Gasteiger partial charge is 0.508 e. The van der Waals surface area contributed by atoms with Gasteiger partial charge in [0.25, 0.3) is 5.69 Å². The van der Waals surface area contributed by atoms with Crippen LogP contribution in [-0.4, -0.2) is 40.8 Å². The van der Waals surface area contributed by atoms with Gasteiger partial charge in [-0.25, -0.2) is 9.80 Å². The zero-order chi connectivity index (χ0) is 35.8. The number of methoxy groups -OCH3 is 1. The van der Waals surface area contributed by atoms with Gasteiger partial charge in [0, 0.05) is 28.6 Å². The van der Waals surface area contributed by atoms with E-state index in [0.717, 1.165) is 9.80 Å². The summed E-state index contributed by atoms with van der Waals surface area (Å²) in [5, 5.41) is 23.5. The summed E-state index contributed by atoms with van der Waals surface area (Å²) < 4.78 is 5.57. The number of allylic oxidation sites excluding steroid dienone is 2. The van der Waals surface area contributed by atoms with Crippen LogP contribution in [0.2, 0.25) is 5.02 Å². The first-order valence-corrected chi connectivity index (χ1v) is 16.8. The molecule has 1 N–H and O–H groups in total. The van der Waals surface area contributed by atoms with E-state index >= 15 is 4.79 Å². The number of fused-ring (bicyclic) bond motifs is 4. The summed E-state index contributed by atoms with van der Waals surface area (Å²) in [7, 11) is 1.48. The Balaban J connectivity index is 1.35. The maximum Gasteiger partial charge on any atom is 0.271 e. The van der Waals surface area contributed by atoms with E-state index in [-0.39, 0.29) is 35.7 Å². The monoisotopic (exact) mass is 703 g/mol. The maximum atomic E-state index is 15.3. The average Bonchev–Trinajstić information content (AvgIpc) is 3.53. The highest BCUT2D eigenvalue weighted by Crippen LogP contribution is 2.65. The topological polar surface area (TPSA) is 147 Å². The molecule has 0 bridgehead atoms. The van der Waals surface area contributed by atoms with E-state index in [1.54, 1.807) is 60.7 Å². The van der Waals surface area contributed by atoms with Crippen LogP contribution >= 0.6 is 11.6 Å². The highest BCUT2D eigenvalue weighted by atomic mass is 35.5. The molecule has 256 valence electrons. The molecule has 0 spiro atoms. The number of phenols is 1. The number of anilines is 2. The molecule has 8 rings (SSSR count).